The third-order valence-corrected chi connectivity index (χ3v) is 3.76. The standard InChI is InChI=1S/C15H29N3O3/c1-3-5-7-13(16)14(19)17-8-10-18(11-9-17)15(20)21-12-6-4-2/h13H,3-12,16H2,1-2H3/t13-/m0/s1. The Labute approximate surface area is 127 Å². The topological polar surface area (TPSA) is 75.9 Å². The molecule has 1 fully saturated rings. The monoisotopic (exact) mass is 299 g/mol. The van der Waals surface area contributed by atoms with Crippen LogP contribution >= 0.6 is 0 Å². The highest BCUT2D eigenvalue weighted by Crippen LogP contribution is 2.08. The molecule has 0 aromatic heterocycles. The summed E-state index contributed by atoms with van der Waals surface area (Å²) in [5.41, 5.74) is 5.91. The third-order valence-electron chi connectivity index (χ3n) is 3.76. The Hall–Kier alpha value is -1.30. The van der Waals surface area contributed by atoms with Crippen LogP contribution in [0.5, 0.6) is 0 Å². The first kappa shape index (κ1) is 17.8. The van der Waals surface area contributed by atoms with E-state index in [1.807, 2.05) is 0 Å². The van der Waals surface area contributed by atoms with Gasteiger partial charge in [0, 0.05) is 26.2 Å². The van der Waals surface area contributed by atoms with Crippen molar-refractivity contribution in [2.75, 3.05) is 32.8 Å². The summed E-state index contributed by atoms with van der Waals surface area (Å²) in [6.07, 6.45) is 4.36. The van der Waals surface area contributed by atoms with E-state index in [0.29, 0.717) is 32.8 Å². The van der Waals surface area contributed by atoms with Crippen molar-refractivity contribution in [3.8, 4) is 0 Å². The normalized spacial score (nSPS) is 16.7. The maximum absolute atomic E-state index is 12.2. The average molecular weight is 299 g/mol. The second-order valence-electron chi connectivity index (χ2n) is 5.53. The number of carbonyl (C=O) groups excluding carboxylic acids is 2. The van der Waals surface area contributed by atoms with Gasteiger partial charge in [0.15, 0.2) is 0 Å². The first-order valence-corrected chi connectivity index (χ1v) is 8.06. The minimum Gasteiger partial charge on any atom is -0.449 e. The summed E-state index contributed by atoms with van der Waals surface area (Å²) in [5.74, 6) is 0.00227. The van der Waals surface area contributed by atoms with Gasteiger partial charge in [0.1, 0.15) is 0 Å². The van der Waals surface area contributed by atoms with E-state index in [1.54, 1.807) is 9.80 Å². The summed E-state index contributed by atoms with van der Waals surface area (Å²) in [7, 11) is 0. The van der Waals surface area contributed by atoms with Crippen LogP contribution in [0.1, 0.15) is 46.0 Å². The van der Waals surface area contributed by atoms with E-state index >= 15 is 0 Å². The Kier molecular flexibility index (Phi) is 8.12. The maximum atomic E-state index is 12.2. The zero-order chi connectivity index (χ0) is 15.7. The second kappa shape index (κ2) is 9.60. The highest BCUT2D eigenvalue weighted by Gasteiger charge is 2.27. The van der Waals surface area contributed by atoms with Crippen LogP contribution in [0.4, 0.5) is 4.79 Å². The Morgan fingerprint density at radius 3 is 2.19 bits per heavy atom. The molecule has 21 heavy (non-hydrogen) atoms. The van der Waals surface area contributed by atoms with Crippen molar-refractivity contribution >= 4 is 12.0 Å². The Morgan fingerprint density at radius 1 is 1.05 bits per heavy atom. The fourth-order valence-corrected chi connectivity index (χ4v) is 2.29. The smallest absolute Gasteiger partial charge is 0.409 e. The van der Waals surface area contributed by atoms with Gasteiger partial charge in [-0.3, -0.25) is 4.79 Å². The molecule has 0 bridgehead atoms. The lowest BCUT2D eigenvalue weighted by atomic mass is 10.1. The molecule has 6 heteroatoms. The summed E-state index contributed by atoms with van der Waals surface area (Å²) in [6, 6.07) is -0.409. The number of hydrogen-bond donors (Lipinski definition) is 1. The molecule has 0 saturated carbocycles. The van der Waals surface area contributed by atoms with Crippen molar-refractivity contribution in [2.45, 2.75) is 52.0 Å². The Bertz CT molecular complexity index is 328. The van der Waals surface area contributed by atoms with Gasteiger partial charge in [0.2, 0.25) is 5.91 Å². The maximum Gasteiger partial charge on any atom is 0.409 e. The highest BCUT2D eigenvalue weighted by molar-refractivity contribution is 5.82. The number of hydrogen-bond acceptors (Lipinski definition) is 4. The van der Waals surface area contributed by atoms with Gasteiger partial charge in [-0.25, -0.2) is 4.79 Å². The first-order chi connectivity index (χ1) is 10.1. The van der Waals surface area contributed by atoms with E-state index in [0.717, 1.165) is 32.1 Å². The van der Waals surface area contributed by atoms with Crippen molar-refractivity contribution in [1.82, 2.24) is 9.80 Å². The molecule has 1 rings (SSSR count). The minimum atomic E-state index is -0.409. The SMILES string of the molecule is CCCCOC(=O)N1CCN(C(=O)[C@@H](N)CCCC)CC1. The van der Waals surface area contributed by atoms with Crippen molar-refractivity contribution in [3.63, 3.8) is 0 Å². The predicted octanol–water partition coefficient (Wildman–Crippen LogP) is 1.58. The Balaban J connectivity index is 2.31. The van der Waals surface area contributed by atoms with E-state index in [1.165, 1.54) is 0 Å². The number of piperazine rings is 1. The summed E-state index contributed by atoms with van der Waals surface area (Å²) < 4.78 is 5.18. The number of carbonyl (C=O) groups is 2. The van der Waals surface area contributed by atoms with Gasteiger partial charge in [0.05, 0.1) is 12.6 Å². The van der Waals surface area contributed by atoms with E-state index in [2.05, 4.69) is 13.8 Å². The number of nitrogens with zero attached hydrogens (tertiary/aromatic N) is 2. The Morgan fingerprint density at radius 2 is 1.62 bits per heavy atom. The van der Waals surface area contributed by atoms with Gasteiger partial charge in [0.25, 0.3) is 0 Å². The molecule has 0 spiro atoms. The first-order valence-electron chi connectivity index (χ1n) is 8.06. The molecule has 1 heterocycles. The van der Waals surface area contributed by atoms with E-state index < -0.39 is 6.04 Å². The van der Waals surface area contributed by atoms with Gasteiger partial charge in [-0.05, 0) is 12.8 Å². The third kappa shape index (κ3) is 5.91. The van der Waals surface area contributed by atoms with Gasteiger partial charge >= 0.3 is 6.09 Å². The second-order valence-corrected chi connectivity index (χ2v) is 5.53. The highest BCUT2D eigenvalue weighted by atomic mass is 16.6. The summed E-state index contributed by atoms with van der Waals surface area (Å²) in [4.78, 5) is 27.4. The lowest BCUT2D eigenvalue weighted by Crippen LogP contribution is -2.54. The summed E-state index contributed by atoms with van der Waals surface area (Å²) >= 11 is 0. The van der Waals surface area contributed by atoms with E-state index in [4.69, 9.17) is 10.5 Å². The van der Waals surface area contributed by atoms with Crippen LogP contribution in [-0.4, -0.2) is 60.6 Å². The van der Waals surface area contributed by atoms with Gasteiger partial charge in [-0.1, -0.05) is 33.1 Å². The largest absolute Gasteiger partial charge is 0.449 e. The zero-order valence-electron chi connectivity index (χ0n) is 13.3. The van der Waals surface area contributed by atoms with Crippen LogP contribution in [0, 0.1) is 0 Å². The summed E-state index contributed by atoms with van der Waals surface area (Å²) in [5, 5.41) is 0. The lowest BCUT2D eigenvalue weighted by molar-refractivity contribution is -0.134. The van der Waals surface area contributed by atoms with Gasteiger partial charge < -0.3 is 20.3 Å². The molecule has 0 aromatic carbocycles. The molecule has 0 radical (unpaired) electrons. The summed E-state index contributed by atoms with van der Waals surface area (Å²) in [6.45, 7) is 6.74. The molecule has 1 atom stereocenters. The van der Waals surface area contributed by atoms with Gasteiger partial charge in [-0.15, -0.1) is 0 Å². The number of nitrogens with two attached hydrogens (primary N) is 1. The molecule has 122 valence electrons. The number of unbranched alkanes of at least 4 members (excludes halogenated alkanes) is 2. The minimum absolute atomic E-state index is 0.00227. The molecule has 1 aliphatic heterocycles. The van der Waals surface area contributed by atoms with Gasteiger partial charge in [-0.2, -0.15) is 0 Å². The molecule has 6 nitrogen and oxygen atoms in total. The fourth-order valence-electron chi connectivity index (χ4n) is 2.29. The van der Waals surface area contributed by atoms with Crippen LogP contribution in [0.15, 0.2) is 0 Å². The lowest BCUT2D eigenvalue weighted by Gasteiger charge is -2.35. The molecular formula is C15H29N3O3. The molecule has 2 N–H and O–H groups in total. The predicted molar refractivity (Wildman–Crippen MR) is 81.9 cm³/mol. The molecule has 1 aliphatic rings. The van der Waals surface area contributed by atoms with Crippen LogP contribution in [0.3, 0.4) is 0 Å². The van der Waals surface area contributed by atoms with Crippen LogP contribution in [0.25, 0.3) is 0 Å². The molecule has 2 amide bonds. The van der Waals surface area contributed by atoms with Crippen molar-refractivity contribution in [2.24, 2.45) is 5.73 Å². The zero-order valence-corrected chi connectivity index (χ0v) is 13.3. The van der Waals surface area contributed by atoms with E-state index in [9.17, 15) is 9.59 Å². The van der Waals surface area contributed by atoms with Crippen molar-refractivity contribution < 1.29 is 14.3 Å². The number of rotatable bonds is 7. The molecule has 0 aliphatic carbocycles. The number of ether oxygens (including phenoxy) is 1. The molecule has 1 saturated heterocycles. The molecule has 0 aromatic rings. The van der Waals surface area contributed by atoms with Crippen LogP contribution in [-0.2, 0) is 9.53 Å². The quantitative estimate of drug-likeness (QED) is 0.724. The van der Waals surface area contributed by atoms with Crippen molar-refractivity contribution in [1.29, 1.82) is 0 Å². The van der Waals surface area contributed by atoms with Crippen LogP contribution in [0.2, 0.25) is 0 Å². The number of amides is 2. The van der Waals surface area contributed by atoms with E-state index in [-0.39, 0.29) is 12.0 Å². The molecular weight excluding hydrogens is 270 g/mol. The fraction of sp³-hybridized carbons (Fsp3) is 0.867. The molecule has 0 unspecified atom stereocenters. The van der Waals surface area contributed by atoms with Crippen LogP contribution < -0.4 is 5.73 Å². The average Bonchev–Trinajstić information content (AvgIpc) is 2.52. The van der Waals surface area contributed by atoms with Crippen molar-refractivity contribution in [3.05, 3.63) is 0 Å².